The summed E-state index contributed by atoms with van der Waals surface area (Å²) in [7, 11) is 0. The third-order valence-electron chi connectivity index (χ3n) is 2.28. The third-order valence-corrected chi connectivity index (χ3v) is 4.12. The summed E-state index contributed by atoms with van der Waals surface area (Å²) in [5.74, 6) is -1.69. The molecular formula is C11H8BrF2NS. The van der Waals surface area contributed by atoms with Gasteiger partial charge in [-0.3, -0.25) is 0 Å². The van der Waals surface area contributed by atoms with E-state index in [-0.39, 0.29) is 0 Å². The summed E-state index contributed by atoms with van der Waals surface area (Å²) in [6.07, 6.45) is 0. The molecule has 0 aliphatic heterocycles. The smallest absolute Gasteiger partial charge is 0.159 e. The van der Waals surface area contributed by atoms with Crippen LogP contribution in [-0.4, -0.2) is 0 Å². The van der Waals surface area contributed by atoms with Crippen molar-refractivity contribution in [3.63, 3.8) is 0 Å². The summed E-state index contributed by atoms with van der Waals surface area (Å²) < 4.78 is 26.8. The predicted molar refractivity (Wildman–Crippen MR) is 65.3 cm³/mol. The Bertz CT molecular complexity index is 525. The van der Waals surface area contributed by atoms with Crippen molar-refractivity contribution in [3.05, 3.63) is 44.6 Å². The summed E-state index contributed by atoms with van der Waals surface area (Å²) in [5, 5.41) is 1.87. The third kappa shape index (κ3) is 2.03. The second-order valence-corrected chi connectivity index (χ2v) is 5.43. The van der Waals surface area contributed by atoms with Crippen LogP contribution in [0.4, 0.5) is 8.78 Å². The summed E-state index contributed by atoms with van der Waals surface area (Å²) in [6.45, 7) is 0.360. The molecule has 0 radical (unpaired) electrons. The molecule has 0 saturated heterocycles. The van der Waals surface area contributed by atoms with Crippen LogP contribution in [0.25, 0.3) is 11.1 Å². The van der Waals surface area contributed by atoms with Crippen molar-refractivity contribution in [3.8, 4) is 11.1 Å². The molecule has 5 heteroatoms. The Kier molecular flexibility index (Phi) is 3.37. The molecule has 16 heavy (non-hydrogen) atoms. The molecule has 1 heterocycles. The van der Waals surface area contributed by atoms with E-state index in [1.807, 2.05) is 5.38 Å². The van der Waals surface area contributed by atoms with Gasteiger partial charge >= 0.3 is 0 Å². The summed E-state index contributed by atoms with van der Waals surface area (Å²) in [5.41, 5.74) is 8.01. The molecule has 0 fully saturated rings. The highest BCUT2D eigenvalue weighted by Crippen LogP contribution is 2.35. The summed E-state index contributed by atoms with van der Waals surface area (Å²) >= 11 is 4.86. The predicted octanol–water partition coefficient (Wildman–Crippen LogP) is 3.91. The van der Waals surface area contributed by atoms with E-state index in [0.29, 0.717) is 12.1 Å². The van der Waals surface area contributed by atoms with Gasteiger partial charge in [-0.2, -0.15) is 0 Å². The zero-order chi connectivity index (χ0) is 11.7. The molecule has 0 spiro atoms. The molecule has 2 aromatic rings. The molecule has 1 aromatic heterocycles. The minimum atomic E-state index is -0.845. The van der Waals surface area contributed by atoms with Gasteiger partial charge in [-0.05, 0) is 44.8 Å². The van der Waals surface area contributed by atoms with Gasteiger partial charge in [-0.15, -0.1) is 11.3 Å². The molecule has 84 valence electrons. The monoisotopic (exact) mass is 303 g/mol. The van der Waals surface area contributed by atoms with E-state index in [4.69, 9.17) is 5.73 Å². The Labute approximate surface area is 104 Å². The van der Waals surface area contributed by atoms with Crippen LogP contribution in [0.15, 0.2) is 27.4 Å². The Hall–Kier alpha value is -0.780. The molecule has 2 rings (SSSR count). The standard InChI is InChI=1S/C11H8BrF2NS/c12-11-7(4-15)8(5-16-11)6-1-2-9(13)10(14)3-6/h1-3,5H,4,15H2. The van der Waals surface area contributed by atoms with Crippen molar-refractivity contribution in [2.45, 2.75) is 6.54 Å². The first-order valence-electron chi connectivity index (χ1n) is 4.55. The van der Waals surface area contributed by atoms with Crippen molar-refractivity contribution in [1.29, 1.82) is 0 Å². The van der Waals surface area contributed by atoms with Crippen LogP contribution < -0.4 is 5.73 Å². The quantitative estimate of drug-likeness (QED) is 0.894. The van der Waals surface area contributed by atoms with Crippen molar-refractivity contribution >= 4 is 27.3 Å². The molecule has 0 atom stereocenters. The first kappa shape index (κ1) is 11.7. The number of hydrogen-bond acceptors (Lipinski definition) is 2. The molecule has 0 saturated carbocycles. The van der Waals surface area contributed by atoms with E-state index in [9.17, 15) is 8.78 Å². The van der Waals surface area contributed by atoms with Crippen LogP contribution in [0.1, 0.15) is 5.56 Å². The SMILES string of the molecule is NCc1c(-c2ccc(F)c(F)c2)csc1Br. The fraction of sp³-hybridized carbons (Fsp3) is 0.0909. The largest absolute Gasteiger partial charge is 0.326 e. The van der Waals surface area contributed by atoms with Crippen LogP contribution in [0.3, 0.4) is 0 Å². The maximum absolute atomic E-state index is 13.1. The molecule has 0 aliphatic carbocycles. The van der Waals surface area contributed by atoms with Gasteiger partial charge < -0.3 is 5.73 Å². The zero-order valence-corrected chi connectivity index (χ0v) is 10.5. The summed E-state index contributed by atoms with van der Waals surface area (Å²) in [6, 6.07) is 3.85. The lowest BCUT2D eigenvalue weighted by molar-refractivity contribution is 0.509. The van der Waals surface area contributed by atoms with Crippen molar-refractivity contribution in [1.82, 2.24) is 0 Å². The molecule has 0 bridgehead atoms. The Morgan fingerprint density at radius 3 is 2.62 bits per heavy atom. The van der Waals surface area contributed by atoms with E-state index < -0.39 is 11.6 Å². The van der Waals surface area contributed by atoms with E-state index >= 15 is 0 Å². The normalized spacial score (nSPS) is 10.8. The van der Waals surface area contributed by atoms with Crippen molar-refractivity contribution in [2.75, 3.05) is 0 Å². The first-order chi connectivity index (χ1) is 7.63. The van der Waals surface area contributed by atoms with Crippen molar-refractivity contribution in [2.24, 2.45) is 5.73 Å². The van der Waals surface area contributed by atoms with Gasteiger partial charge in [0.05, 0.1) is 3.79 Å². The lowest BCUT2D eigenvalue weighted by atomic mass is 10.0. The number of halogens is 3. The number of hydrogen-bond donors (Lipinski definition) is 1. The Balaban J connectivity index is 2.54. The van der Waals surface area contributed by atoms with Crippen LogP contribution in [0.5, 0.6) is 0 Å². The second kappa shape index (κ2) is 4.61. The molecular weight excluding hydrogens is 296 g/mol. The topological polar surface area (TPSA) is 26.0 Å². The van der Waals surface area contributed by atoms with Gasteiger partial charge in [0.25, 0.3) is 0 Å². The lowest BCUT2D eigenvalue weighted by Gasteiger charge is -2.03. The highest BCUT2D eigenvalue weighted by Gasteiger charge is 2.12. The number of nitrogens with two attached hydrogens (primary N) is 1. The molecule has 1 aromatic carbocycles. The molecule has 0 aliphatic rings. The van der Waals surface area contributed by atoms with E-state index in [0.717, 1.165) is 21.0 Å². The maximum Gasteiger partial charge on any atom is 0.159 e. The van der Waals surface area contributed by atoms with Crippen LogP contribution in [-0.2, 0) is 6.54 Å². The number of rotatable bonds is 2. The fourth-order valence-corrected chi connectivity index (χ4v) is 2.95. The van der Waals surface area contributed by atoms with E-state index in [1.165, 1.54) is 17.4 Å². The molecule has 0 unspecified atom stereocenters. The van der Waals surface area contributed by atoms with E-state index in [1.54, 1.807) is 6.07 Å². The maximum atomic E-state index is 13.1. The van der Waals surface area contributed by atoms with Gasteiger partial charge in [0.1, 0.15) is 0 Å². The van der Waals surface area contributed by atoms with Gasteiger partial charge in [0, 0.05) is 11.9 Å². The van der Waals surface area contributed by atoms with E-state index in [2.05, 4.69) is 15.9 Å². The minimum absolute atomic E-state index is 0.360. The lowest BCUT2D eigenvalue weighted by Crippen LogP contribution is -1.97. The first-order valence-corrected chi connectivity index (χ1v) is 6.22. The second-order valence-electron chi connectivity index (χ2n) is 3.23. The average Bonchev–Trinajstić information content (AvgIpc) is 2.63. The van der Waals surface area contributed by atoms with Gasteiger partial charge in [0.15, 0.2) is 11.6 Å². The zero-order valence-electron chi connectivity index (χ0n) is 8.14. The Morgan fingerprint density at radius 1 is 1.25 bits per heavy atom. The number of benzene rings is 1. The fourth-order valence-electron chi connectivity index (χ4n) is 1.45. The van der Waals surface area contributed by atoms with Crippen LogP contribution in [0, 0.1) is 11.6 Å². The highest BCUT2D eigenvalue weighted by molar-refractivity contribution is 9.11. The van der Waals surface area contributed by atoms with Crippen molar-refractivity contribution < 1.29 is 8.78 Å². The minimum Gasteiger partial charge on any atom is -0.326 e. The number of thiophene rings is 1. The molecule has 1 nitrogen and oxygen atoms in total. The Morgan fingerprint density at radius 2 is 2.00 bits per heavy atom. The molecule has 0 amide bonds. The van der Waals surface area contributed by atoms with Gasteiger partial charge in [0.2, 0.25) is 0 Å². The van der Waals surface area contributed by atoms with Crippen LogP contribution >= 0.6 is 27.3 Å². The van der Waals surface area contributed by atoms with Crippen LogP contribution in [0.2, 0.25) is 0 Å². The van der Waals surface area contributed by atoms with Gasteiger partial charge in [-0.1, -0.05) is 6.07 Å². The highest BCUT2D eigenvalue weighted by atomic mass is 79.9. The average molecular weight is 304 g/mol. The van der Waals surface area contributed by atoms with Gasteiger partial charge in [-0.25, -0.2) is 8.78 Å². The summed E-state index contributed by atoms with van der Waals surface area (Å²) in [4.78, 5) is 0. The molecule has 2 N–H and O–H groups in total.